The molecule has 4 aromatic rings. The van der Waals surface area contributed by atoms with Gasteiger partial charge in [0.05, 0.1) is 11.2 Å². The Bertz CT molecular complexity index is 1300. The van der Waals surface area contributed by atoms with E-state index in [4.69, 9.17) is 4.74 Å². The maximum Gasteiger partial charge on any atom is 0.258 e. The number of rotatable bonds is 4. The third kappa shape index (κ3) is 3.45. The number of benzene rings is 2. The number of fused-ring (bicyclic) bond motifs is 3. The number of nitrogens with zero attached hydrogens (tertiary/aromatic N) is 3. The molecule has 0 radical (unpaired) electrons. The molecule has 2 aromatic heterocycles. The van der Waals surface area contributed by atoms with Crippen molar-refractivity contribution in [3.63, 3.8) is 0 Å². The Morgan fingerprint density at radius 1 is 1.03 bits per heavy atom. The number of likely N-dealkylation sites (N-methyl/N-ethyl adjacent to an activating group) is 1. The van der Waals surface area contributed by atoms with Gasteiger partial charge in [-0.1, -0.05) is 36.4 Å². The van der Waals surface area contributed by atoms with Crippen LogP contribution in [0.1, 0.15) is 29.8 Å². The van der Waals surface area contributed by atoms with Crippen LogP contribution in [0.25, 0.3) is 16.6 Å². The third-order valence-corrected chi connectivity index (χ3v) is 6.53. The molecule has 1 unspecified atom stereocenters. The molecule has 0 bridgehead atoms. The Balaban J connectivity index is 1.47. The van der Waals surface area contributed by atoms with Gasteiger partial charge in [0.15, 0.2) is 0 Å². The van der Waals surface area contributed by atoms with Gasteiger partial charge in [0, 0.05) is 43.0 Å². The van der Waals surface area contributed by atoms with Gasteiger partial charge in [-0.2, -0.15) is 0 Å². The summed E-state index contributed by atoms with van der Waals surface area (Å²) >= 11 is 0. The second-order valence-electron chi connectivity index (χ2n) is 8.38. The molecule has 5 rings (SSSR count). The number of aryl methyl sites for hydroxylation is 1. The average Bonchev–Trinajstić information content (AvgIpc) is 3.07. The molecule has 0 amide bonds. The first-order chi connectivity index (χ1) is 15.0. The van der Waals surface area contributed by atoms with E-state index in [1.165, 1.54) is 22.2 Å². The first-order valence-electron chi connectivity index (χ1n) is 10.7. The van der Waals surface area contributed by atoms with E-state index in [0.717, 1.165) is 24.2 Å². The molecule has 0 fully saturated rings. The van der Waals surface area contributed by atoms with Gasteiger partial charge in [0.1, 0.15) is 12.4 Å². The van der Waals surface area contributed by atoms with Gasteiger partial charge in [-0.05, 0) is 49.7 Å². The zero-order valence-electron chi connectivity index (χ0n) is 18.2. The molecule has 0 saturated heterocycles. The lowest BCUT2D eigenvalue weighted by molar-refractivity contribution is 0.239. The SMILES string of the molecule is CC1c2c(c3ccc(-n4ccc(OCc5ccccc5)cc4=O)cc3n2C)CCN1C. The molecule has 0 aliphatic carbocycles. The topological polar surface area (TPSA) is 39.4 Å². The predicted octanol–water partition coefficient (Wildman–Crippen LogP) is 4.46. The molecule has 0 saturated carbocycles. The number of pyridine rings is 1. The molecule has 0 N–H and O–H groups in total. The van der Waals surface area contributed by atoms with E-state index < -0.39 is 0 Å². The summed E-state index contributed by atoms with van der Waals surface area (Å²) in [5.41, 5.74) is 5.82. The Hall–Kier alpha value is -3.31. The summed E-state index contributed by atoms with van der Waals surface area (Å²) in [5, 5.41) is 1.29. The van der Waals surface area contributed by atoms with E-state index in [0.29, 0.717) is 18.4 Å². The molecule has 3 heterocycles. The minimum Gasteiger partial charge on any atom is -0.489 e. The van der Waals surface area contributed by atoms with Crippen LogP contribution in [0.3, 0.4) is 0 Å². The standard InChI is InChI=1S/C26H27N3O2/c1-18-26-23(12-13-27(18)2)22-10-9-20(15-24(22)28(26)3)29-14-11-21(16-25(29)30)31-17-19-7-5-4-6-8-19/h4-11,14-16,18H,12-13,17H2,1-3H3. The normalized spacial score (nSPS) is 16.4. The predicted molar refractivity (Wildman–Crippen MR) is 124 cm³/mol. The van der Waals surface area contributed by atoms with Crippen LogP contribution in [0.4, 0.5) is 0 Å². The summed E-state index contributed by atoms with van der Waals surface area (Å²) < 4.78 is 9.77. The van der Waals surface area contributed by atoms with Crippen LogP contribution in [-0.4, -0.2) is 27.6 Å². The minimum absolute atomic E-state index is 0.100. The first-order valence-corrected chi connectivity index (χ1v) is 10.7. The number of ether oxygens (including phenoxy) is 1. The van der Waals surface area contributed by atoms with Crippen molar-refractivity contribution in [3.8, 4) is 11.4 Å². The van der Waals surface area contributed by atoms with E-state index in [2.05, 4.69) is 42.6 Å². The van der Waals surface area contributed by atoms with Crippen LogP contribution in [0.5, 0.6) is 5.75 Å². The highest BCUT2D eigenvalue weighted by Gasteiger charge is 2.27. The largest absolute Gasteiger partial charge is 0.489 e. The summed E-state index contributed by atoms with van der Waals surface area (Å²) in [6.07, 6.45) is 2.85. The van der Waals surface area contributed by atoms with Crippen molar-refractivity contribution in [2.24, 2.45) is 7.05 Å². The molecular weight excluding hydrogens is 386 g/mol. The summed E-state index contributed by atoms with van der Waals surface area (Å²) in [6, 6.07) is 20.1. The minimum atomic E-state index is -0.100. The maximum atomic E-state index is 12.8. The van der Waals surface area contributed by atoms with Crippen LogP contribution in [0.2, 0.25) is 0 Å². The number of aromatic nitrogens is 2. The molecular formula is C26H27N3O2. The van der Waals surface area contributed by atoms with E-state index >= 15 is 0 Å². The molecule has 0 spiro atoms. The van der Waals surface area contributed by atoms with Gasteiger partial charge in [0.2, 0.25) is 0 Å². The van der Waals surface area contributed by atoms with Crippen molar-refractivity contribution in [1.29, 1.82) is 0 Å². The summed E-state index contributed by atoms with van der Waals surface area (Å²) in [5.74, 6) is 0.581. The lowest BCUT2D eigenvalue weighted by atomic mass is 9.99. The summed E-state index contributed by atoms with van der Waals surface area (Å²) in [6.45, 7) is 3.77. The van der Waals surface area contributed by atoms with Gasteiger partial charge >= 0.3 is 0 Å². The lowest BCUT2D eigenvalue weighted by Crippen LogP contribution is -2.31. The zero-order chi connectivity index (χ0) is 21.5. The Labute approximate surface area is 182 Å². The van der Waals surface area contributed by atoms with Crippen molar-refractivity contribution in [1.82, 2.24) is 14.0 Å². The van der Waals surface area contributed by atoms with Gasteiger partial charge in [-0.3, -0.25) is 14.3 Å². The van der Waals surface area contributed by atoms with E-state index in [1.807, 2.05) is 42.5 Å². The molecule has 1 aliphatic heterocycles. The second-order valence-corrected chi connectivity index (χ2v) is 8.38. The Morgan fingerprint density at radius 2 is 1.84 bits per heavy atom. The average molecular weight is 414 g/mol. The maximum absolute atomic E-state index is 12.8. The summed E-state index contributed by atoms with van der Waals surface area (Å²) in [7, 11) is 4.31. The fourth-order valence-electron chi connectivity index (χ4n) is 4.66. The first kappa shape index (κ1) is 19.6. The van der Waals surface area contributed by atoms with E-state index in [1.54, 1.807) is 16.8 Å². The summed E-state index contributed by atoms with van der Waals surface area (Å²) in [4.78, 5) is 15.2. The van der Waals surface area contributed by atoms with Crippen LogP contribution in [0, 0.1) is 0 Å². The zero-order valence-corrected chi connectivity index (χ0v) is 18.2. The quantitative estimate of drug-likeness (QED) is 0.496. The van der Waals surface area contributed by atoms with Gasteiger partial charge in [-0.15, -0.1) is 0 Å². The fourth-order valence-corrected chi connectivity index (χ4v) is 4.66. The van der Waals surface area contributed by atoms with Gasteiger partial charge in [-0.25, -0.2) is 0 Å². The van der Waals surface area contributed by atoms with Gasteiger partial charge in [0.25, 0.3) is 5.56 Å². The molecule has 5 heteroatoms. The monoisotopic (exact) mass is 413 g/mol. The molecule has 1 atom stereocenters. The van der Waals surface area contributed by atoms with Crippen LogP contribution in [-0.2, 0) is 20.1 Å². The molecule has 1 aliphatic rings. The molecule has 5 nitrogen and oxygen atoms in total. The van der Waals surface area contributed by atoms with Crippen LogP contribution >= 0.6 is 0 Å². The molecule has 31 heavy (non-hydrogen) atoms. The molecule has 2 aromatic carbocycles. The van der Waals surface area contributed by atoms with Crippen LogP contribution < -0.4 is 10.3 Å². The fraction of sp³-hybridized carbons (Fsp3) is 0.269. The van der Waals surface area contributed by atoms with Gasteiger partial charge < -0.3 is 9.30 Å². The molecule has 158 valence electrons. The van der Waals surface area contributed by atoms with Crippen LogP contribution in [0.15, 0.2) is 71.7 Å². The van der Waals surface area contributed by atoms with Crippen molar-refractivity contribution in [3.05, 3.63) is 94.0 Å². The highest BCUT2D eigenvalue weighted by molar-refractivity contribution is 5.87. The van der Waals surface area contributed by atoms with Crippen molar-refractivity contribution in [2.45, 2.75) is 26.0 Å². The lowest BCUT2D eigenvalue weighted by Gasteiger charge is -2.31. The van der Waals surface area contributed by atoms with E-state index in [-0.39, 0.29) is 5.56 Å². The Kier molecular flexibility index (Phi) is 4.91. The van der Waals surface area contributed by atoms with Crippen molar-refractivity contribution < 1.29 is 4.74 Å². The van der Waals surface area contributed by atoms with Crippen molar-refractivity contribution in [2.75, 3.05) is 13.6 Å². The number of hydrogen-bond donors (Lipinski definition) is 0. The smallest absolute Gasteiger partial charge is 0.258 e. The Morgan fingerprint density at radius 3 is 2.61 bits per heavy atom. The second kappa shape index (κ2) is 7.75. The highest BCUT2D eigenvalue weighted by Crippen LogP contribution is 2.36. The highest BCUT2D eigenvalue weighted by atomic mass is 16.5. The van der Waals surface area contributed by atoms with E-state index in [9.17, 15) is 4.79 Å². The van der Waals surface area contributed by atoms with Crippen molar-refractivity contribution >= 4 is 10.9 Å². The number of hydrogen-bond acceptors (Lipinski definition) is 3. The third-order valence-electron chi connectivity index (χ3n) is 6.53.